The summed E-state index contributed by atoms with van der Waals surface area (Å²) in [5, 5.41) is 16.0. The summed E-state index contributed by atoms with van der Waals surface area (Å²) in [6.07, 6.45) is 13.7. The lowest BCUT2D eigenvalue weighted by Crippen LogP contribution is -2.46. The van der Waals surface area contributed by atoms with Crippen molar-refractivity contribution in [2.45, 2.75) is 83.6 Å². The van der Waals surface area contributed by atoms with Crippen LogP contribution in [0.1, 0.15) is 108 Å². The number of carboxylic acids is 1. The summed E-state index contributed by atoms with van der Waals surface area (Å²) in [5.41, 5.74) is 3.17. The summed E-state index contributed by atoms with van der Waals surface area (Å²) in [6, 6.07) is 5.16. The maximum Gasteiger partial charge on any atom is 0.336 e. The molecule has 4 aliphatic carbocycles. The third kappa shape index (κ3) is 4.58. The van der Waals surface area contributed by atoms with Crippen molar-refractivity contribution in [3.63, 3.8) is 0 Å². The number of carbonyl (C=O) groups is 2. The topological polar surface area (TPSA) is 107 Å². The minimum Gasteiger partial charge on any atom is -0.478 e. The quantitative estimate of drug-likeness (QED) is 0.402. The zero-order valence-corrected chi connectivity index (χ0v) is 21.2. The van der Waals surface area contributed by atoms with Crippen LogP contribution in [-0.4, -0.2) is 33.5 Å². The van der Waals surface area contributed by atoms with Gasteiger partial charge in [-0.2, -0.15) is 0 Å². The van der Waals surface area contributed by atoms with Gasteiger partial charge in [0.2, 0.25) is 0 Å². The lowest BCUT2D eigenvalue weighted by molar-refractivity contribution is -0.0570. The van der Waals surface area contributed by atoms with Crippen LogP contribution in [0, 0.1) is 30.1 Å². The number of amides is 1. The molecule has 1 aromatic heterocycles. The van der Waals surface area contributed by atoms with Gasteiger partial charge in [-0.15, -0.1) is 0 Å². The number of aryl methyl sites for hydroxylation is 2. The fourth-order valence-corrected chi connectivity index (χ4v) is 8.16. The molecule has 192 valence electrons. The Morgan fingerprint density at radius 2 is 1.83 bits per heavy atom. The molecule has 7 rings (SSSR count). The number of hydrogen-bond donors (Lipinski definition) is 4. The molecule has 2 heterocycles. The number of aromatic nitrogens is 2. The van der Waals surface area contributed by atoms with Crippen LogP contribution >= 0.6 is 0 Å². The summed E-state index contributed by atoms with van der Waals surface area (Å²) in [5.74, 6) is 2.32. The van der Waals surface area contributed by atoms with Gasteiger partial charge in [-0.3, -0.25) is 4.79 Å². The lowest BCUT2D eigenvalue weighted by atomic mass is 9.48. The van der Waals surface area contributed by atoms with Crippen molar-refractivity contribution < 1.29 is 14.7 Å². The Balaban J connectivity index is 1.24. The lowest BCUT2D eigenvalue weighted by Gasteiger charge is -2.57. The van der Waals surface area contributed by atoms with Gasteiger partial charge in [0.1, 0.15) is 11.5 Å². The van der Waals surface area contributed by atoms with Crippen LogP contribution in [0.15, 0.2) is 18.2 Å². The third-order valence-electron chi connectivity index (χ3n) is 9.45. The monoisotopic (exact) mass is 490 g/mol. The van der Waals surface area contributed by atoms with Crippen LogP contribution in [0.5, 0.6) is 0 Å². The second-order valence-electron chi connectivity index (χ2n) is 12.2. The van der Waals surface area contributed by atoms with Crippen molar-refractivity contribution in [2.75, 3.05) is 11.9 Å². The van der Waals surface area contributed by atoms with Crippen LogP contribution in [-0.2, 0) is 6.42 Å². The van der Waals surface area contributed by atoms with Gasteiger partial charge >= 0.3 is 5.97 Å². The van der Waals surface area contributed by atoms with Crippen LogP contribution < -0.4 is 10.6 Å². The number of piperidine rings is 1. The molecule has 1 saturated heterocycles. The molecule has 4 saturated carbocycles. The molecular weight excluding hydrogens is 452 g/mol. The number of H-pyrrole nitrogens is 1. The van der Waals surface area contributed by atoms with E-state index in [0.29, 0.717) is 22.4 Å². The second kappa shape index (κ2) is 9.33. The number of anilines is 1. The SMILES string of the molecule is Cc1ccc(NC(=O)c2nc(C3CCCCN3)[nH]c2CCC23CC4CC(CC(C4)C2)C3)cc1C(=O)O. The number of aromatic amines is 1. The maximum absolute atomic E-state index is 13.5. The smallest absolute Gasteiger partial charge is 0.336 e. The molecule has 1 amide bonds. The standard InChI is InChI=1S/C29H38N4O3/c1-17-5-6-21(13-22(17)28(35)36)31-27(34)25-23(32-26(33-25)24-4-2-3-9-30-24)7-8-29-14-18-10-19(15-29)12-20(11-18)16-29/h5-6,13,18-20,24,30H,2-4,7-12,14-16H2,1H3,(H,31,34)(H,32,33)(H,35,36). The van der Waals surface area contributed by atoms with Crippen LogP contribution in [0.2, 0.25) is 0 Å². The fourth-order valence-electron chi connectivity index (χ4n) is 8.16. The Labute approximate surface area is 212 Å². The number of nitrogens with one attached hydrogen (secondary N) is 3. The molecule has 1 aliphatic heterocycles. The van der Waals surface area contributed by atoms with Crippen molar-refractivity contribution in [2.24, 2.45) is 23.2 Å². The van der Waals surface area contributed by atoms with Crippen molar-refractivity contribution >= 4 is 17.6 Å². The van der Waals surface area contributed by atoms with E-state index in [2.05, 4.69) is 15.6 Å². The van der Waals surface area contributed by atoms with Crippen molar-refractivity contribution in [3.8, 4) is 0 Å². The third-order valence-corrected chi connectivity index (χ3v) is 9.45. The Hall–Kier alpha value is -2.67. The molecule has 7 nitrogen and oxygen atoms in total. The molecule has 5 aliphatic rings. The number of hydrogen-bond acceptors (Lipinski definition) is 4. The molecular formula is C29H38N4O3. The molecule has 5 fully saturated rings. The predicted molar refractivity (Wildman–Crippen MR) is 138 cm³/mol. The van der Waals surface area contributed by atoms with Gasteiger partial charge in [0.05, 0.1) is 11.6 Å². The molecule has 1 aromatic carbocycles. The summed E-state index contributed by atoms with van der Waals surface area (Å²) in [6.45, 7) is 2.73. The first-order valence-corrected chi connectivity index (χ1v) is 13.8. The second-order valence-corrected chi connectivity index (χ2v) is 12.2. The molecule has 1 unspecified atom stereocenters. The van der Waals surface area contributed by atoms with Crippen LogP contribution in [0.25, 0.3) is 0 Å². The molecule has 4 bridgehead atoms. The number of nitrogens with zero attached hydrogens (tertiary/aromatic N) is 1. The minimum absolute atomic E-state index is 0.150. The Kier molecular flexibility index (Phi) is 6.14. The van der Waals surface area contributed by atoms with Gasteiger partial charge in [-0.1, -0.05) is 12.5 Å². The van der Waals surface area contributed by atoms with E-state index in [1.165, 1.54) is 51.0 Å². The van der Waals surface area contributed by atoms with Crippen molar-refractivity contribution in [1.29, 1.82) is 0 Å². The summed E-state index contributed by atoms with van der Waals surface area (Å²) >= 11 is 0. The van der Waals surface area contributed by atoms with Crippen LogP contribution in [0.4, 0.5) is 5.69 Å². The van der Waals surface area contributed by atoms with Gasteiger partial charge in [0, 0.05) is 11.4 Å². The first-order valence-electron chi connectivity index (χ1n) is 13.8. The molecule has 4 N–H and O–H groups in total. The van der Waals surface area contributed by atoms with E-state index in [1.54, 1.807) is 19.1 Å². The van der Waals surface area contributed by atoms with E-state index < -0.39 is 5.97 Å². The van der Waals surface area contributed by atoms with E-state index in [-0.39, 0.29) is 17.5 Å². The molecule has 7 heteroatoms. The Morgan fingerprint density at radius 1 is 1.11 bits per heavy atom. The van der Waals surface area contributed by atoms with Gasteiger partial charge in [0.25, 0.3) is 5.91 Å². The number of carbonyl (C=O) groups excluding carboxylic acids is 1. The first kappa shape index (κ1) is 23.7. The molecule has 2 aromatic rings. The van der Waals surface area contributed by atoms with Gasteiger partial charge < -0.3 is 20.7 Å². The van der Waals surface area contributed by atoms with E-state index in [0.717, 1.165) is 61.5 Å². The van der Waals surface area contributed by atoms with Gasteiger partial charge in [-0.05, 0) is 119 Å². The Morgan fingerprint density at radius 3 is 2.47 bits per heavy atom. The first-order chi connectivity index (χ1) is 17.4. The number of rotatable bonds is 7. The average Bonchev–Trinajstić information content (AvgIpc) is 3.28. The molecule has 0 spiro atoms. The van der Waals surface area contributed by atoms with Crippen LogP contribution in [0.3, 0.4) is 0 Å². The fraction of sp³-hybridized carbons (Fsp3) is 0.621. The summed E-state index contributed by atoms with van der Waals surface area (Å²) in [4.78, 5) is 33.4. The number of benzene rings is 1. The zero-order chi connectivity index (χ0) is 24.9. The van der Waals surface area contributed by atoms with Gasteiger partial charge in [-0.25, -0.2) is 9.78 Å². The highest BCUT2D eigenvalue weighted by Crippen LogP contribution is 2.61. The number of carboxylic acid groups (broad SMARTS) is 1. The predicted octanol–water partition coefficient (Wildman–Crippen LogP) is 5.63. The minimum atomic E-state index is -0.995. The highest BCUT2D eigenvalue weighted by atomic mass is 16.4. The highest BCUT2D eigenvalue weighted by Gasteiger charge is 2.50. The molecule has 1 atom stereocenters. The van der Waals surface area contributed by atoms with E-state index in [1.807, 2.05) is 0 Å². The van der Waals surface area contributed by atoms with E-state index in [4.69, 9.17) is 4.98 Å². The molecule has 36 heavy (non-hydrogen) atoms. The average molecular weight is 491 g/mol. The van der Waals surface area contributed by atoms with E-state index >= 15 is 0 Å². The summed E-state index contributed by atoms with van der Waals surface area (Å²) in [7, 11) is 0. The summed E-state index contributed by atoms with van der Waals surface area (Å²) < 4.78 is 0. The number of aromatic carboxylic acids is 1. The maximum atomic E-state index is 13.5. The van der Waals surface area contributed by atoms with Gasteiger partial charge in [0.15, 0.2) is 0 Å². The Bertz CT molecular complexity index is 1130. The number of imidazole rings is 1. The van der Waals surface area contributed by atoms with E-state index in [9.17, 15) is 14.7 Å². The molecule has 0 radical (unpaired) electrons. The van der Waals surface area contributed by atoms with Crippen molar-refractivity contribution in [1.82, 2.24) is 15.3 Å². The highest BCUT2D eigenvalue weighted by molar-refractivity contribution is 6.04. The zero-order valence-electron chi connectivity index (χ0n) is 21.2. The largest absolute Gasteiger partial charge is 0.478 e. The normalized spacial score (nSPS) is 30.9. The van der Waals surface area contributed by atoms with Crippen molar-refractivity contribution in [3.05, 3.63) is 46.5 Å².